The summed E-state index contributed by atoms with van der Waals surface area (Å²) in [5.74, 6) is -0.783. The Bertz CT molecular complexity index is 899. The number of thiophene rings is 1. The van der Waals surface area contributed by atoms with E-state index in [1.165, 1.54) is 41.5 Å². The van der Waals surface area contributed by atoms with E-state index >= 15 is 0 Å². The van der Waals surface area contributed by atoms with Gasteiger partial charge in [0, 0.05) is 16.1 Å². The number of nitrogens with zero attached hydrogens (tertiary/aromatic N) is 1. The Morgan fingerprint density at radius 3 is 2.68 bits per heavy atom. The molecule has 0 fully saturated rings. The summed E-state index contributed by atoms with van der Waals surface area (Å²) in [4.78, 5) is 27.6. The minimum Gasteiger partial charge on any atom is -0.466 e. The van der Waals surface area contributed by atoms with Crippen molar-refractivity contribution in [3.63, 3.8) is 0 Å². The topological polar surface area (TPSA) is 67.9 Å². The standard InChI is InChI=1S/C19H18F2N2O4S/c1-11-15(17(24)26-2)16(13-7-3-4-8-14(13)27-18(20)21)22-19(25)23(11)10-12-6-5-9-28-12/h3-9,16,18H,10H2,1-2H3,(H,22,25). The highest BCUT2D eigenvalue weighted by Crippen LogP contribution is 2.37. The number of nitrogens with one attached hydrogen (secondary N) is 1. The Balaban J connectivity index is 2.06. The van der Waals surface area contributed by atoms with Gasteiger partial charge in [0.15, 0.2) is 0 Å². The van der Waals surface area contributed by atoms with Gasteiger partial charge in [-0.2, -0.15) is 8.78 Å². The van der Waals surface area contributed by atoms with Crippen LogP contribution in [-0.2, 0) is 16.1 Å². The molecule has 1 aromatic heterocycles. The molecule has 1 aromatic carbocycles. The number of carbonyl (C=O) groups excluding carboxylic acids is 2. The van der Waals surface area contributed by atoms with E-state index in [9.17, 15) is 18.4 Å². The van der Waals surface area contributed by atoms with Crippen LogP contribution in [0.15, 0.2) is 53.0 Å². The zero-order valence-corrected chi connectivity index (χ0v) is 16.0. The Labute approximate surface area is 164 Å². The number of alkyl halides is 2. The normalized spacial score (nSPS) is 17.0. The van der Waals surface area contributed by atoms with Crippen molar-refractivity contribution in [1.29, 1.82) is 0 Å². The summed E-state index contributed by atoms with van der Waals surface area (Å²) in [6.45, 7) is -1.14. The number of benzene rings is 1. The lowest BCUT2D eigenvalue weighted by atomic mass is 9.94. The molecule has 2 heterocycles. The molecule has 0 bridgehead atoms. The van der Waals surface area contributed by atoms with Crippen LogP contribution in [0.4, 0.5) is 13.6 Å². The molecule has 0 aliphatic carbocycles. The van der Waals surface area contributed by atoms with Crippen LogP contribution in [0.2, 0.25) is 0 Å². The third kappa shape index (κ3) is 3.99. The van der Waals surface area contributed by atoms with Crippen molar-refractivity contribution in [3.05, 3.63) is 63.5 Å². The fraction of sp³-hybridized carbons (Fsp3) is 0.263. The summed E-state index contributed by atoms with van der Waals surface area (Å²) in [7, 11) is 1.22. The number of halogens is 2. The Morgan fingerprint density at radius 1 is 1.29 bits per heavy atom. The zero-order chi connectivity index (χ0) is 20.3. The largest absolute Gasteiger partial charge is 0.466 e. The monoisotopic (exact) mass is 408 g/mol. The Kier molecular flexibility index (Phi) is 5.93. The molecule has 148 valence electrons. The highest BCUT2D eigenvalue weighted by Gasteiger charge is 2.37. The summed E-state index contributed by atoms with van der Waals surface area (Å²) in [5.41, 5.74) is 0.788. The summed E-state index contributed by atoms with van der Waals surface area (Å²) < 4.78 is 35.1. The average molecular weight is 408 g/mol. The number of para-hydroxylation sites is 1. The molecule has 0 saturated carbocycles. The number of hydrogen-bond acceptors (Lipinski definition) is 5. The maximum atomic E-state index is 12.8. The second kappa shape index (κ2) is 8.39. The van der Waals surface area contributed by atoms with Crippen LogP contribution in [0, 0.1) is 0 Å². The second-order valence-corrected chi connectivity index (χ2v) is 6.99. The number of carbonyl (C=O) groups is 2. The Morgan fingerprint density at radius 2 is 2.04 bits per heavy atom. The number of methoxy groups -OCH3 is 1. The van der Waals surface area contributed by atoms with Crippen molar-refractivity contribution >= 4 is 23.3 Å². The minimum absolute atomic E-state index is 0.122. The van der Waals surface area contributed by atoms with E-state index in [0.717, 1.165) is 4.88 Å². The number of ether oxygens (including phenoxy) is 2. The van der Waals surface area contributed by atoms with E-state index in [4.69, 9.17) is 4.74 Å². The fourth-order valence-electron chi connectivity index (χ4n) is 3.06. The van der Waals surface area contributed by atoms with Crippen LogP contribution in [0.5, 0.6) is 5.75 Å². The molecular weight excluding hydrogens is 390 g/mol. The van der Waals surface area contributed by atoms with E-state index in [1.807, 2.05) is 17.5 Å². The van der Waals surface area contributed by atoms with Gasteiger partial charge in [-0.15, -0.1) is 11.3 Å². The van der Waals surface area contributed by atoms with Gasteiger partial charge in [-0.1, -0.05) is 24.3 Å². The van der Waals surface area contributed by atoms with Gasteiger partial charge in [0.1, 0.15) is 5.75 Å². The van der Waals surface area contributed by atoms with Crippen LogP contribution in [0.25, 0.3) is 0 Å². The van der Waals surface area contributed by atoms with Crippen molar-refractivity contribution < 1.29 is 27.8 Å². The minimum atomic E-state index is -3.04. The molecular formula is C19H18F2N2O4S. The smallest absolute Gasteiger partial charge is 0.387 e. The average Bonchev–Trinajstić information content (AvgIpc) is 3.17. The third-order valence-corrected chi connectivity index (χ3v) is 5.20. The van der Waals surface area contributed by atoms with Gasteiger partial charge >= 0.3 is 18.6 Å². The summed E-state index contributed by atoms with van der Waals surface area (Å²) in [5, 5.41) is 4.60. The molecule has 3 rings (SSSR count). The SMILES string of the molecule is COC(=O)C1=C(C)N(Cc2cccs2)C(=O)NC1c1ccccc1OC(F)F. The van der Waals surface area contributed by atoms with E-state index in [1.54, 1.807) is 13.0 Å². The number of rotatable bonds is 6. The molecule has 1 aliphatic rings. The van der Waals surface area contributed by atoms with Crippen LogP contribution >= 0.6 is 11.3 Å². The van der Waals surface area contributed by atoms with Crippen LogP contribution < -0.4 is 10.1 Å². The summed E-state index contributed by atoms with van der Waals surface area (Å²) in [6, 6.07) is 8.34. The highest BCUT2D eigenvalue weighted by molar-refractivity contribution is 7.09. The molecule has 0 radical (unpaired) electrons. The van der Waals surface area contributed by atoms with E-state index in [2.05, 4.69) is 10.1 Å². The van der Waals surface area contributed by atoms with Gasteiger partial charge in [-0.25, -0.2) is 9.59 Å². The second-order valence-electron chi connectivity index (χ2n) is 5.96. The molecule has 0 saturated heterocycles. The molecule has 9 heteroatoms. The number of allylic oxidation sites excluding steroid dienone is 1. The lowest BCUT2D eigenvalue weighted by molar-refractivity contribution is -0.136. The predicted molar refractivity (Wildman–Crippen MR) is 98.9 cm³/mol. The number of urea groups is 1. The fourth-order valence-corrected chi connectivity index (χ4v) is 3.75. The first kappa shape index (κ1) is 19.8. The molecule has 28 heavy (non-hydrogen) atoms. The van der Waals surface area contributed by atoms with E-state index in [-0.39, 0.29) is 23.4 Å². The van der Waals surface area contributed by atoms with E-state index in [0.29, 0.717) is 5.70 Å². The first-order chi connectivity index (χ1) is 13.4. The molecule has 1 N–H and O–H groups in total. The molecule has 1 atom stereocenters. The van der Waals surface area contributed by atoms with Gasteiger partial charge in [0.25, 0.3) is 0 Å². The predicted octanol–water partition coefficient (Wildman–Crippen LogP) is 4.06. The molecule has 2 amide bonds. The number of esters is 1. The maximum Gasteiger partial charge on any atom is 0.387 e. The van der Waals surface area contributed by atoms with Gasteiger partial charge in [-0.05, 0) is 24.4 Å². The molecule has 1 aliphatic heterocycles. The molecule has 6 nitrogen and oxygen atoms in total. The molecule has 2 aromatic rings. The van der Waals surface area contributed by atoms with Crippen LogP contribution in [0.3, 0.4) is 0 Å². The van der Waals surface area contributed by atoms with E-state index < -0.39 is 24.7 Å². The molecule has 1 unspecified atom stereocenters. The van der Waals surface area contributed by atoms with Crippen molar-refractivity contribution in [1.82, 2.24) is 10.2 Å². The zero-order valence-electron chi connectivity index (χ0n) is 15.1. The number of amides is 2. The highest BCUT2D eigenvalue weighted by atomic mass is 32.1. The van der Waals surface area contributed by atoms with Crippen molar-refractivity contribution in [2.45, 2.75) is 26.1 Å². The first-order valence-corrected chi connectivity index (χ1v) is 9.23. The third-order valence-electron chi connectivity index (χ3n) is 4.34. The number of hydrogen-bond donors (Lipinski definition) is 1. The molecule has 0 spiro atoms. The van der Waals surface area contributed by atoms with Gasteiger partial charge in [-0.3, -0.25) is 4.90 Å². The van der Waals surface area contributed by atoms with Gasteiger partial charge in [0.2, 0.25) is 0 Å². The summed E-state index contributed by atoms with van der Waals surface area (Å²) >= 11 is 1.48. The van der Waals surface area contributed by atoms with Crippen molar-refractivity contribution in [2.24, 2.45) is 0 Å². The van der Waals surface area contributed by atoms with Gasteiger partial charge in [0.05, 0.1) is 25.3 Å². The lowest BCUT2D eigenvalue weighted by Crippen LogP contribution is -2.47. The van der Waals surface area contributed by atoms with Crippen LogP contribution in [0.1, 0.15) is 23.4 Å². The quantitative estimate of drug-likeness (QED) is 0.732. The first-order valence-electron chi connectivity index (χ1n) is 8.35. The van der Waals surface area contributed by atoms with Crippen LogP contribution in [-0.4, -0.2) is 30.6 Å². The van der Waals surface area contributed by atoms with Crippen molar-refractivity contribution in [2.75, 3.05) is 7.11 Å². The van der Waals surface area contributed by atoms with Gasteiger partial charge < -0.3 is 14.8 Å². The lowest BCUT2D eigenvalue weighted by Gasteiger charge is -2.35. The van der Waals surface area contributed by atoms with Crippen molar-refractivity contribution in [3.8, 4) is 5.75 Å². The summed E-state index contributed by atoms with van der Waals surface area (Å²) in [6.07, 6.45) is 0. The maximum absolute atomic E-state index is 12.8. The Hall–Kier alpha value is -2.94.